The first kappa shape index (κ1) is 47.2. The largest absolute Gasteiger partial charge is 0.508 e. The van der Waals surface area contributed by atoms with E-state index in [1.807, 2.05) is 36.4 Å². The maximum Gasteiger partial charge on any atom is 0.261 e. The summed E-state index contributed by atoms with van der Waals surface area (Å²) >= 11 is 0. The van der Waals surface area contributed by atoms with Gasteiger partial charge in [-0.1, -0.05) is 60.7 Å². The zero-order chi connectivity index (χ0) is 49.8. The molecule has 2 aliphatic heterocycles. The number of rotatable bonds is 15. The molecule has 2 aliphatic rings. The molecule has 0 fully saturated rings. The van der Waals surface area contributed by atoms with E-state index >= 15 is 0 Å². The lowest BCUT2D eigenvalue weighted by molar-refractivity contribution is 0.0639. The second kappa shape index (κ2) is 20.4. The summed E-state index contributed by atoms with van der Waals surface area (Å²) in [7, 11) is 4.70. The molecule has 0 unspecified atom stereocenters. The number of carbonyl (C=O) groups is 4. The first-order chi connectivity index (χ1) is 34.5. The highest BCUT2D eigenvalue weighted by Gasteiger charge is 2.36. The summed E-state index contributed by atoms with van der Waals surface area (Å²) in [5, 5.41) is 11.1. The summed E-state index contributed by atoms with van der Waals surface area (Å²) < 4.78 is 19.2. The molecule has 6 aromatic carbocycles. The molecule has 0 saturated heterocycles. The van der Waals surface area contributed by atoms with Gasteiger partial charge >= 0.3 is 0 Å². The van der Waals surface area contributed by atoms with Gasteiger partial charge in [-0.25, -0.2) is 9.97 Å². The highest BCUT2D eigenvalue weighted by atomic mass is 16.5. The Bertz CT molecular complexity index is 3460. The molecular formula is C55H48N6O10. The number of hydrogen-bond donors (Lipinski definition) is 1. The van der Waals surface area contributed by atoms with E-state index in [2.05, 4.69) is 4.98 Å². The van der Waals surface area contributed by atoms with Crippen molar-refractivity contribution in [2.45, 2.75) is 38.8 Å². The number of imide groups is 2. The number of aromatic nitrogens is 4. The second-order valence-electron chi connectivity index (χ2n) is 16.8. The molecule has 2 aromatic heterocycles. The number of carbonyl (C=O) groups excluding carboxylic acids is 4. The van der Waals surface area contributed by atoms with E-state index in [0.29, 0.717) is 98.9 Å². The Labute approximate surface area is 406 Å². The number of aromatic hydroxyl groups is 1. The maximum absolute atomic E-state index is 13.6. The number of fused-ring (bicyclic) bond motifs is 4. The molecule has 4 heterocycles. The minimum absolute atomic E-state index is 0.102. The van der Waals surface area contributed by atoms with Crippen LogP contribution in [0, 0.1) is 0 Å². The molecule has 0 spiro atoms. The summed E-state index contributed by atoms with van der Waals surface area (Å²) in [6.07, 6.45) is 1.43. The highest BCUT2D eigenvalue weighted by molar-refractivity contribution is 6.22. The lowest BCUT2D eigenvalue weighted by atomic mass is 10.1. The number of hydrogen-bond acceptors (Lipinski definition) is 12. The van der Waals surface area contributed by atoms with Gasteiger partial charge in [0.2, 0.25) is 0 Å². The van der Waals surface area contributed by atoms with Crippen molar-refractivity contribution in [3.05, 3.63) is 199 Å². The van der Waals surface area contributed by atoms with Crippen molar-refractivity contribution >= 4 is 45.4 Å². The molecule has 0 radical (unpaired) electrons. The summed E-state index contributed by atoms with van der Waals surface area (Å²) in [5.74, 6) is 1.60. The van der Waals surface area contributed by atoms with Gasteiger partial charge < -0.3 is 19.3 Å². The first-order valence-electron chi connectivity index (χ1n) is 22.9. The predicted octanol–water partition coefficient (Wildman–Crippen LogP) is 6.69. The van der Waals surface area contributed by atoms with Crippen molar-refractivity contribution in [2.75, 3.05) is 34.4 Å². The molecule has 4 amide bonds. The van der Waals surface area contributed by atoms with Gasteiger partial charge in [0.1, 0.15) is 23.1 Å². The van der Waals surface area contributed by atoms with Crippen molar-refractivity contribution in [1.29, 1.82) is 0 Å². The lowest BCUT2D eigenvalue weighted by Crippen LogP contribution is -2.34. The van der Waals surface area contributed by atoms with Gasteiger partial charge in [-0.15, -0.1) is 0 Å². The molecule has 0 bridgehead atoms. The lowest BCUT2D eigenvalue weighted by Gasteiger charge is -2.18. The van der Waals surface area contributed by atoms with Crippen LogP contribution in [0.3, 0.4) is 0 Å². The normalized spacial score (nSPS) is 12.8. The topological polar surface area (TPSA) is 192 Å². The van der Waals surface area contributed by atoms with Crippen molar-refractivity contribution in [3.8, 4) is 23.0 Å². The van der Waals surface area contributed by atoms with E-state index in [9.17, 15) is 33.9 Å². The number of methoxy groups -OCH3 is 3. The zero-order valence-electron chi connectivity index (χ0n) is 39.2. The number of phenols is 1. The Kier molecular flexibility index (Phi) is 13.5. The number of aryl methyl sites for hydroxylation is 2. The molecule has 358 valence electrons. The van der Waals surface area contributed by atoms with E-state index in [1.165, 1.54) is 9.80 Å². The van der Waals surface area contributed by atoms with Crippen LogP contribution in [0.2, 0.25) is 0 Å². The summed E-state index contributed by atoms with van der Waals surface area (Å²) in [5.41, 5.74) is 3.92. The first-order valence-corrected chi connectivity index (χ1v) is 22.9. The van der Waals surface area contributed by atoms with Crippen LogP contribution in [-0.4, -0.2) is 92.1 Å². The molecule has 16 heteroatoms. The zero-order valence-corrected chi connectivity index (χ0v) is 39.2. The van der Waals surface area contributed by atoms with Crippen LogP contribution in [0.4, 0.5) is 0 Å². The summed E-state index contributed by atoms with van der Waals surface area (Å²) in [6, 6.07) is 38.4. The molecule has 10 rings (SSSR count). The fourth-order valence-electron chi connectivity index (χ4n) is 8.97. The number of benzene rings is 6. The highest BCUT2D eigenvalue weighted by Crippen LogP contribution is 2.29. The molecule has 0 atom stereocenters. The summed E-state index contributed by atoms with van der Waals surface area (Å²) in [6.45, 7) is 0.880. The van der Waals surface area contributed by atoms with Gasteiger partial charge in [0, 0.05) is 45.1 Å². The number of ether oxygens (including phenoxy) is 3. The fraction of sp³-hybridized carbons (Fsp3) is 0.200. The van der Waals surface area contributed by atoms with Crippen LogP contribution in [-0.2, 0) is 38.8 Å². The van der Waals surface area contributed by atoms with Crippen LogP contribution in [0.25, 0.3) is 21.8 Å². The van der Waals surface area contributed by atoms with Gasteiger partial charge in [0.25, 0.3) is 34.7 Å². The van der Waals surface area contributed by atoms with Gasteiger partial charge in [-0.3, -0.25) is 47.7 Å². The van der Waals surface area contributed by atoms with Crippen molar-refractivity contribution in [3.63, 3.8) is 0 Å². The molecule has 71 heavy (non-hydrogen) atoms. The smallest absolute Gasteiger partial charge is 0.261 e. The Morgan fingerprint density at radius 1 is 0.451 bits per heavy atom. The van der Waals surface area contributed by atoms with E-state index in [1.54, 1.807) is 128 Å². The van der Waals surface area contributed by atoms with E-state index in [4.69, 9.17) is 19.2 Å². The minimum atomic E-state index is -0.340. The van der Waals surface area contributed by atoms with E-state index in [0.717, 1.165) is 11.1 Å². The number of amides is 4. The monoisotopic (exact) mass is 952 g/mol. The number of nitrogens with zero attached hydrogens (tertiary/aromatic N) is 6. The molecule has 16 nitrogen and oxygen atoms in total. The van der Waals surface area contributed by atoms with Gasteiger partial charge in [-0.05, 0) is 90.7 Å². The van der Waals surface area contributed by atoms with Crippen molar-refractivity contribution in [2.24, 2.45) is 0 Å². The van der Waals surface area contributed by atoms with Crippen molar-refractivity contribution in [1.82, 2.24) is 28.9 Å². The van der Waals surface area contributed by atoms with Gasteiger partial charge in [-0.2, -0.15) is 0 Å². The van der Waals surface area contributed by atoms with Crippen LogP contribution < -0.4 is 25.3 Å². The molecule has 0 saturated carbocycles. The number of phenolic OH excluding ortho intramolecular Hbond substituents is 1. The van der Waals surface area contributed by atoms with Crippen LogP contribution >= 0.6 is 0 Å². The summed E-state index contributed by atoms with van der Waals surface area (Å²) in [4.78, 5) is 89.9. The maximum atomic E-state index is 13.6. The third-order valence-electron chi connectivity index (χ3n) is 12.7. The SMILES string of the molecule is COc1ccc2c(=O)n(CCc3ccc(OC)c(OC)c3)c(CCN3C(=O)c4ccccc4C3=O)nc2c1.O=C1c2ccccc2C(=O)N1CCc1nc2ccccc2c(=O)n1CCc1ccccc1O. The second-order valence-corrected chi connectivity index (χ2v) is 16.8. The third kappa shape index (κ3) is 9.34. The van der Waals surface area contributed by atoms with Crippen LogP contribution in [0.1, 0.15) is 64.2 Å². The van der Waals surface area contributed by atoms with Crippen LogP contribution in [0.15, 0.2) is 143 Å². The average Bonchev–Trinajstić information content (AvgIpc) is 3.79. The van der Waals surface area contributed by atoms with Crippen molar-refractivity contribution < 1.29 is 38.5 Å². The van der Waals surface area contributed by atoms with E-state index < -0.39 is 0 Å². The Balaban J connectivity index is 0.000000177. The Hall–Kier alpha value is -8.92. The number of para-hydroxylation sites is 2. The fourth-order valence-corrected chi connectivity index (χ4v) is 8.97. The Morgan fingerprint density at radius 3 is 1.49 bits per heavy atom. The molecule has 8 aromatic rings. The van der Waals surface area contributed by atoms with Gasteiger partial charge in [0.05, 0.1) is 65.4 Å². The predicted molar refractivity (Wildman–Crippen MR) is 265 cm³/mol. The molecule has 0 aliphatic carbocycles. The Morgan fingerprint density at radius 2 is 0.944 bits per heavy atom. The molecular weight excluding hydrogens is 905 g/mol. The standard InChI is InChI=1S/C29H27N3O6.C26H21N3O4/c1-36-19-9-10-22-23(17-19)30-26(13-15-32-27(33)20-6-4-5-7-21(20)28(32)34)31(29(22)35)14-12-18-8-11-24(37-2)25(16-18)38-3;30-22-12-6-1-7-17(22)13-15-28-23(27-21-11-5-4-10-20(21)26(28)33)14-16-29-24(31)18-8-2-3-9-19(18)25(29)32/h4-11,16-17H,12-15H2,1-3H3;1-12,30H,13-16H2. The van der Waals surface area contributed by atoms with Gasteiger partial charge in [0.15, 0.2) is 11.5 Å². The average molecular weight is 953 g/mol. The quantitative estimate of drug-likeness (QED) is 0.107. The molecule has 1 N–H and O–H groups in total. The minimum Gasteiger partial charge on any atom is -0.508 e. The third-order valence-corrected chi connectivity index (χ3v) is 12.7. The van der Waals surface area contributed by atoms with E-state index in [-0.39, 0.29) is 66.4 Å². The van der Waals surface area contributed by atoms with Crippen LogP contribution in [0.5, 0.6) is 23.0 Å².